The molecule has 0 bridgehead atoms. The summed E-state index contributed by atoms with van der Waals surface area (Å²) in [5.74, 6) is 0.374. The third kappa shape index (κ3) is 4.16. The number of aryl methyl sites for hydroxylation is 1. The van der Waals surface area contributed by atoms with Crippen molar-refractivity contribution in [3.8, 4) is 0 Å². The molecule has 152 valence electrons. The minimum atomic E-state index is -0.534. The average Bonchev–Trinajstić information content (AvgIpc) is 3.31. The number of hydrogen-bond donors (Lipinski definition) is 3. The average molecular weight is 398 g/mol. The fourth-order valence-corrected chi connectivity index (χ4v) is 3.69. The van der Waals surface area contributed by atoms with Crippen LogP contribution in [0.1, 0.15) is 17.8 Å². The van der Waals surface area contributed by atoms with Gasteiger partial charge in [0, 0.05) is 26.2 Å². The summed E-state index contributed by atoms with van der Waals surface area (Å²) < 4.78 is 28.1. The zero-order valence-electron chi connectivity index (χ0n) is 16.5. The Bertz CT molecular complexity index is 1020. The fraction of sp³-hybridized carbons (Fsp3) is 0.333. The number of nitrogens with one attached hydrogen (secondary N) is 3. The third-order valence-electron chi connectivity index (χ3n) is 5.12. The summed E-state index contributed by atoms with van der Waals surface area (Å²) in [6.45, 7) is 3.62. The van der Waals surface area contributed by atoms with Crippen LogP contribution in [0.2, 0.25) is 0 Å². The van der Waals surface area contributed by atoms with Crippen LogP contribution >= 0.6 is 0 Å². The van der Waals surface area contributed by atoms with Crippen LogP contribution in [0.4, 0.5) is 14.5 Å². The lowest BCUT2D eigenvalue weighted by Crippen LogP contribution is -2.44. The number of aromatic amines is 1. The van der Waals surface area contributed by atoms with E-state index in [2.05, 4.69) is 31.7 Å². The van der Waals surface area contributed by atoms with Gasteiger partial charge in [0.2, 0.25) is 0 Å². The Kier molecular flexibility index (Phi) is 5.33. The van der Waals surface area contributed by atoms with Crippen molar-refractivity contribution in [1.82, 2.24) is 20.6 Å². The van der Waals surface area contributed by atoms with Crippen LogP contribution in [0, 0.1) is 18.6 Å². The van der Waals surface area contributed by atoms with Crippen LogP contribution in [-0.2, 0) is 6.54 Å². The molecule has 1 aliphatic heterocycles. The molecule has 3 N–H and O–H groups in total. The van der Waals surface area contributed by atoms with Crippen LogP contribution in [0.25, 0.3) is 11.0 Å². The summed E-state index contributed by atoms with van der Waals surface area (Å²) in [5, 5.41) is 6.57. The first-order valence-electron chi connectivity index (χ1n) is 9.65. The largest absolute Gasteiger partial charge is 0.365 e. The second-order valence-corrected chi connectivity index (χ2v) is 7.28. The molecule has 1 atom stereocenters. The molecule has 0 amide bonds. The van der Waals surface area contributed by atoms with Crippen molar-refractivity contribution in [2.75, 3.05) is 25.0 Å². The van der Waals surface area contributed by atoms with E-state index in [1.165, 1.54) is 23.8 Å². The molecule has 2 aromatic carbocycles. The Hall–Kier alpha value is -3.16. The quantitative estimate of drug-likeness (QED) is 0.467. The monoisotopic (exact) mass is 398 g/mol. The standard InChI is InChI=1S/C21H24F2N6/c1-13-6-7-17-18(10-13)28-19(27-17)11-25-21(24-2)26-14-8-9-29(12-14)20-15(22)4-3-5-16(20)23/h3-7,10,14H,8-9,11-12H2,1-2H3,(H,27,28)(H2,24,25,26). The molecule has 4 rings (SSSR count). The number of halogens is 2. The van der Waals surface area contributed by atoms with Crippen LogP contribution < -0.4 is 15.5 Å². The maximum absolute atomic E-state index is 14.0. The first kappa shape index (κ1) is 19.2. The molecule has 1 unspecified atom stereocenters. The summed E-state index contributed by atoms with van der Waals surface area (Å²) in [7, 11) is 1.70. The number of rotatable bonds is 4. The van der Waals surface area contributed by atoms with E-state index in [-0.39, 0.29) is 11.7 Å². The van der Waals surface area contributed by atoms with Gasteiger partial charge in [-0.2, -0.15) is 0 Å². The van der Waals surface area contributed by atoms with Gasteiger partial charge in [-0.05, 0) is 43.2 Å². The van der Waals surface area contributed by atoms with Gasteiger partial charge in [0.25, 0.3) is 0 Å². The second-order valence-electron chi connectivity index (χ2n) is 7.28. The lowest BCUT2D eigenvalue weighted by molar-refractivity contribution is 0.575. The van der Waals surface area contributed by atoms with Gasteiger partial charge in [-0.1, -0.05) is 12.1 Å². The molecule has 1 fully saturated rings. The van der Waals surface area contributed by atoms with E-state index in [1.54, 1.807) is 11.9 Å². The van der Waals surface area contributed by atoms with Gasteiger partial charge in [0.1, 0.15) is 23.1 Å². The van der Waals surface area contributed by atoms with E-state index < -0.39 is 11.6 Å². The van der Waals surface area contributed by atoms with E-state index in [4.69, 9.17) is 0 Å². The van der Waals surface area contributed by atoms with Gasteiger partial charge in [0.15, 0.2) is 5.96 Å². The molecule has 1 aliphatic rings. The van der Waals surface area contributed by atoms with Crippen molar-refractivity contribution in [1.29, 1.82) is 0 Å². The zero-order valence-corrected chi connectivity index (χ0v) is 16.5. The van der Waals surface area contributed by atoms with Crippen molar-refractivity contribution < 1.29 is 8.78 Å². The van der Waals surface area contributed by atoms with Gasteiger partial charge >= 0.3 is 0 Å². The molecule has 0 radical (unpaired) electrons. The Balaban J connectivity index is 1.36. The Morgan fingerprint density at radius 2 is 2.07 bits per heavy atom. The molecule has 8 heteroatoms. The van der Waals surface area contributed by atoms with Gasteiger partial charge < -0.3 is 20.5 Å². The molecule has 0 spiro atoms. The summed E-state index contributed by atoms with van der Waals surface area (Å²) in [6.07, 6.45) is 0.762. The van der Waals surface area contributed by atoms with Crippen LogP contribution in [-0.4, -0.2) is 42.1 Å². The molecule has 0 aliphatic carbocycles. The van der Waals surface area contributed by atoms with Crippen molar-refractivity contribution in [3.63, 3.8) is 0 Å². The maximum atomic E-state index is 14.0. The fourth-order valence-electron chi connectivity index (χ4n) is 3.69. The van der Waals surface area contributed by atoms with Crippen LogP contribution in [0.5, 0.6) is 0 Å². The van der Waals surface area contributed by atoms with E-state index in [0.29, 0.717) is 25.6 Å². The maximum Gasteiger partial charge on any atom is 0.191 e. The van der Waals surface area contributed by atoms with E-state index >= 15 is 0 Å². The molecule has 2 heterocycles. The highest BCUT2D eigenvalue weighted by Gasteiger charge is 2.27. The van der Waals surface area contributed by atoms with Crippen LogP contribution in [0.3, 0.4) is 0 Å². The van der Waals surface area contributed by atoms with Crippen molar-refractivity contribution in [2.45, 2.75) is 25.9 Å². The number of para-hydroxylation sites is 1. The smallest absolute Gasteiger partial charge is 0.191 e. The van der Waals surface area contributed by atoms with Gasteiger partial charge in [0.05, 0.1) is 17.6 Å². The summed E-state index contributed by atoms with van der Waals surface area (Å²) in [4.78, 5) is 13.9. The van der Waals surface area contributed by atoms with Crippen molar-refractivity contribution in [3.05, 3.63) is 59.4 Å². The molecule has 1 saturated heterocycles. The Morgan fingerprint density at radius 1 is 1.28 bits per heavy atom. The number of imidazole rings is 1. The second kappa shape index (κ2) is 8.06. The summed E-state index contributed by atoms with van der Waals surface area (Å²) in [6, 6.07) is 10.1. The van der Waals surface area contributed by atoms with Gasteiger partial charge in [-0.3, -0.25) is 4.99 Å². The number of nitrogens with zero attached hydrogens (tertiary/aromatic N) is 3. The molecule has 3 aromatic rings. The van der Waals surface area contributed by atoms with Crippen LogP contribution in [0.15, 0.2) is 41.4 Å². The SMILES string of the molecule is CN=C(NCc1nc2ccc(C)cc2[nH]1)NC1CCN(c2c(F)cccc2F)C1. The number of guanidine groups is 1. The molecule has 1 aromatic heterocycles. The Labute approximate surface area is 168 Å². The molecular weight excluding hydrogens is 374 g/mol. The van der Waals surface area contributed by atoms with E-state index in [9.17, 15) is 8.78 Å². The highest BCUT2D eigenvalue weighted by atomic mass is 19.1. The highest BCUT2D eigenvalue weighted by Crippen LogP contribution is 2.26. The normalized spacial score (nSPS) is 17.2. The molecule has 6 nitrogen and oxygen atoms in total. The topological polar surface area (TPSA) is 68.3 Å². The van der Waals surface area contributed by atoms with E-state index in [1.807, 2.05) is 19.1 Å². The van der Waals surface area contributed by atoms with Crippen molar-refractivity contribution in [2.24, 2.45) is 4.99 Å². The predicted octanol–water partition coefficient (Wildman–Crippen LogP) is 3.09. The van der Waals surface area contributed by atoms with Crippen molar-refractivity contribution >= 4 is 22.7 Å². The number of benzene rings is 2. The lowest BCUT2D eigenvalue weighted by Gasteiger charge is -2.21. The number of fused-ring (bicyclic) bond motifs is 1. The lowest BCUT2D eigenvalue weighted by atomic mass is 10.2. The minimum absolute atomic E-state index is 0.0392. The Morgan fingerprint density at radius 3 is 2.83 bits per heavy atom. The molecular formula is C21H24F2N6. The van der Waals surface area contributed by atoms with E-state index in [0.717, 1.165) is 23.3 Å². The van der Waals surface area contributed by atoms with Gasteiger partial charge in [-0.25, -0.2) is 13.8 Å². The molecule has 0 saturated carbocycles. The van der Waals surface area contributed by atoms with Gasteiger partial charge in [-0.15, -0.1) is 0 Å². The number of hydrogen-bond acceptors (Lipinski definition) is 3. The summed E-state index contributed by atoms with van der Waals surface area (Å²) >= 11 is 0. The molecule has 29 heavy (non-hydrogen) atoms. The number of H-pyrrole nitrogens is 1. The third-order valence-corrected chi connectivity index (χ3v) is 5.12. The number of aliphatic imine (C=N–C) groups is 1. The number of aromatic nitrogens is 2. The predicted molar refractivity (Wildman–Crippen MR) is 111 cm³/mol. The first-order chi connectivity index (χ1) is 14.0. The zero-order chi connectivity index (χ0) is 20.4. The summed E-state index contributed by atoms with van der Waals surface area (Å²) in [5.41, 5.74) is 3.14. The number of anilines is 1. The highest BCUT2D eigenvalue weighted by molar-refractivity contribution is 5.80. The minimum Gasteiger partial charge on any atom is -0.365 e. The first-order valence-corrected chi connectivity index (χ1v) is 9.65.